The Hall–Kier alpha value is -1.96. The molecule has 110 valence electrons. The Labute approximate surface area is 123 Å². The molecule has 2 aromatic carbocycles. The summed E-state index contributed by atoms with van der Waals surface area (Å²) in [7, 11) is 1.66. The Balaban J connectivity index is 0.000000829. The highest BCUT2D eigenvalue weighted by molar-refractivity contribution is 5.29. The van der Waals surface area contributed by atoms with E-state index in [2.05, 4.69) is 0 Å². The largest absolute Gasteiger partial charge is 0.497 e. The highest BCUT2D eigenvalue weighted by Gasteiger charge is 1.97. The molecule has 0 saturated heterocycles. The van der Waals surface area contributed by atoms with Gasteiger partial charge in [0.25, 0.3) is 0 Å². The van der Waals surface area contributed by atoms with Crippen molar-refractivity contribution in [3.63, 3.8) is 0 Å². The molecule has 0 spiro atoms. The van der Waals surface area contributed by atoms with Crippen molar-refractivity contribution >= 4 is 0 Å². The van der Waals surface area contributed by atoms with Gasteiger partial charge in [-0.2, -0.15) is 0 Å². The molecule has 0 saturated carbocycles. The minimum absolute atomic E-state index is 0.557. The first-order valence-electron chi connectivity index (χ1n) is 7.19. The molecule has 0 N–H and O–H groups in total. The lowest BCUT2D eigenvalue weighted by molar-refractivity contribution is 0.305. The standard InChI is InChI=1S/C14H14O2.2C2H6/c1-15-14-9-5-6-12(10-14)11-16-13-7-3-2-4-8-13;2*1-2/h2-10H,11H2,1H3;2*1-2H3. The van der Waals surface area contributed by atoms with Crippen LogP contribution in [0, 0.1) is 0 Å². The third-order valence-corrected chi connectivity index (χ3v) is 2.28. The smallest absolute Gasteiger partial charge is 0.119 e. The van der Waals surface area contributed by atoms with Crippen LogP contribution in [0.4, 0.5) is 0 Å². The number of hydrogen-bond donors (Lipinski definition) is 0. The Morgan fingerprint density at radius 3 is 1.95 bits per heavy atom. The minimum atomic E-state index is 0.557. The summed E-state index contributed by atoms with van der Waals surface area (Å²) < 4.78 is 10.8. The molecule has 0 aliphatic carbocycles. The molecule has 0 heterocycles. The Morgan fingerprint density at radius 1 is 0.750 bits per heavy atom. The van der Waals surface area contributed by atoms with Crippen LogP contribution < -0.4 is 9.47 Å². The number of para-hydroxylation sites is 1. The van der Waals surface area contributed by atoms with Crippen LogP contribution in [-0.2, 0) is 6.61 Å². The number of rotatable bonds is 4. The molecule has 0 aliphatic heterocycles. The fourth-order valence-electron chi connectivity index (χ4n) is 1.45. The molecule has 0 unspecified atom stereocenters. The van der Waals surface area contributed by atoms with E-state index in [9.17, 15) is 0 Å². The topological polar surface area (TPSA) is 18.5 Å². The zero-order valence-electron chi connectivity index (χ0n) is 13.2. The summed E-state index contributed by atoms with van der Waals surface area (Å²) in [5, 5.41) is 0. The first kappa shape index (κ1) is 18.0. The van der Waals surface area contributed by atoms with E-state index in [1.54, 1.807) is 7.11 Å². The van der Waals surface area contributed by atoms with Gasteiger partial charge in [-0.25, -0.2) is 0 Å². The van der Waals surface area contributed by atoms with E-state index in [0.717, 1.165) is 17.1 Å². The van der Waals surface area contributed by atoms with Crippen LogP contribution in [0.15, 0.2) is 54.6 Å². The Kier molecular flexibility index (Phi) is 10.9. The van der Waals surface area contributed by atoms with Crippen molar-refractivity contribution in [1.82, 2.24) is 0 Å². The fourth-order valence-corrected chi connectivity index (χ4v) is 1.45. The van der Waals surface area contributed by atoms with Crippen LogP contribution >= 0.6 is 0 Å². The molecule has 0 aromatic heterocycles. The van der Waals surface area contributed by atoms with Crippen molar-refractivity contribution in [3.8, 4) is 11.5 Å². The van der Waals surface area contributed by atoms with Gasteiger partial charge >= 0.3 is 0 Å². The average Bonchev–Trinajstić information content (AvgIpc) is 2.58. The maximum absolute atomic E-state index is 5.64. The molecule has 0 fully saturated rings. The molecule has 0 atom stereocenters. The first-order chi connectivity index (χ1) is 9.88. The molecular formula is C18H26O2. The van der Waals surface area contributed by atoms with Crippen molar-refractivity contribution in [2.24, 2.45) is 0 Å². The Bertz CT molecular complexity index is 438. The van der Waals surface area contributed by atoms with E-state index in [4.69, 9.17) is 9.47 Å². The van der Waals surface area contributed by atoms with Gasteiger partial charge in [0.15, 0.2) is 0 Å². The van der Waals surface area contributed by atoms with E-state index < -0.39 is 0 Å². The van der Waals surface area contributed by atoms with E-state index in [-0.39, 0.29) is 0 Å². The summed E-state index contributed by atoms with van der Waals surface area (Å²) >= 11 is 0. The predicted molar refractivity (Wildman–Crippen MR) is 86.5 cm³/mol. The van der Waals surface area contributed by atoms with Crippen molar-refractivity contribution < 1.29 is 9.47 Å². The van der Waals surface area contributed by atoms with Crippen molar-refractivity contribution in [1.29, 1.82) is 0 Å². The van der Waals surface area contributed by atoms with Crippen molar-refractivity contribution in [3.05, 3.63) is 60.2 Å². The van der Waals surface area contributed by atoms with Gasteiger partial charge in [-0.1, -0.05) is 58.0 Å². The lowest BCUT2D eigenvalue weighted by atomic mass is 10.2. The average molecular weight is 274 g/mol. The van der Waals surface area contributed by atoms with Gasteiger partial charge in [0, 0.05) is 0 Å². The van der Waals surface area contributed by atoms with Crippen molar-refractivity contribution in [2.75, 3.05) is 7.11 Å². The van der Waals surface area contributed by atoms with E-state index in [0.29, 0.717) is 6.61 Å². The van der Waals surface area contributed by atoms with Gasteiger partial charge < -0.3 is 9.47 Å². The van der Waals surface area contributed by atoms with Crippen LogP contribution in [0.25, 0.3) is 0 Å². The van der Waals surface area contributed by atoms with Gasteiger partial charge in [-0.15, -0.1) is 0 Å². The second kappa shape index (κ2) is 12.1. The minimum Gasteiger partial charge on any atom is -0.497 e. The van der Waals surface area contributed by atoms with E-state index in [1.165, 1.54) is 0 Å². The number of hydrogen-bond acceptors (Lipinski definition) is 2. The second-order valence-electron chi connectivity index (χ2n) is 3.45. The monoisotopic (exact) mass is 274 g/mol. The molecule has 2 aromatic rings. The summed E-state index contributed by atoms with van der Waals surface area (Å²) in [6.45, 7) is 8.56. The van der Waals surface area contributed by atoms with Gasteiger partial charge in [0.05, 0.1) is 7.11 Å². The predicted octanol–water partition coefficient (Wildman–Crippen LogP) is 5.33. The zero-order valence-corrected chi connectivity index (χ0v) is 13.2. The highest BCUT2D eigenvalue weighted by Crippen LogP contribution is 2.15. The highest BCUT2D eigenvalue weighted by atomic mass is 16.5. The maximum atomic E-state index is 5.64. The normalized spacial score (nSPS) is 8.45. The molecule has 0 bridgehead atoms. The quantitative estimate of drug-likeness (QED) is 0.750. The second-order valence-corrected chi connectivity index (χ2v) is 3.45. The molecule has 0 amide bonds. The number of methoxy groups -OCH3 is 1. The maximum Gasteiger partial charge on any atom is 0.119 e. The summed E-state index contributed by atoms with van der Waals surface area (Å²) in [6, 6.07) is 17.7. The summed E-state index contributed by atoms with van der Waals surface area (Å²) in [5.74, 6) is 1.74. The third-order valence-electron chi connectivity index (χ3n) is 2.28. The van der Waals surface area contributed by atoms with Crippen LogP contribution in [0.3, 0.4) is 0 Å². The van der Waals surface area contributed by atoms with Crippen LogP contribution in [0.5, 0.6) is 11.5 Å². The lowest BCUT2D eigenvalue weighted by Gasteiger charge is -2.07. The van der Waals surface area contributed by atoms with E-state index >= 15 is 0 Å². The number of ether oxygens (including phenoxy) is 2. The van der Waals surface area contributed by atoms with Crippen LogP contribution in [0.1, 0.15) is 33.3 Å². The molecule has 0 aliphatic rings. The third kappa shape index (κ3) is 6.83. The number of benzene rings is 2. The molecular weight excluding hydrogens is 248 g/mol. The SMILES string of the molecule is CC.CC.COc1cccc(COc2ccccc2)c1. The molecule has 2 rings (SSSR count). The fraction of sp³-hybridized carbons (Fsp3) is 0.333. The van der Waals surface area contributed by atoms with E-state index in [1.807, 2.05) is 82.3 Å². The summed E-state index contributed by atoms with van der Waals surface area (Å²) in [6.07, 6.45) is 0. The molecule has 2 heteroatoms. The van der Waals surface area contributed by atoms with Gasteiger partial charge in [0.2, 0.25) is 0 Å². The van der Waals surface area contributed by atoms with Crippen LogP contribution in [-0.4, -0.2) is 7.11 Å². The van der Waals surface area contributed by atoms with Crippen molar-refractivity contribution in [2.45, 2.75) is 34.3 Å². The zero-order chi connectivity index (χ0) is 15.2. The molecule has 2 nitrogen and oxygen atoms in total. The van der Waals surface area contributed by atoms with Gasteiger partial charge in [-0.3, -0.25) is 0 Å². The molecule has 0 radical (unpaired) electrons. The lowest BCUT2D eigenvalue weighted by Crippen LogP contribution is -1.95. The van der Waals surface area contributed by atoms with Crippen LogP contribution in [0.2, 0.25) is 0 Å². The van der Waals surface area contributed by atoms with Gasteiger partial charge in [-0.05, 0) is 29.8 Å². The summed E-state index contributed by atoms with van der Waals surface area (Å²) in [4.78, 5) is 0. The molecule has 20 heavy (non-hydrogen) atoms. The van der Waals surface area contributed by atoms with Gasteiger partial charge in [0.1, 0.15) is 18.1 Å². The first-order valence-corrected chi connectivity index (χ1v) is 7.19. The summed E-state index contributed by atoms with van der Waals surface area (Å²) in [5.41, 5.74) is 1.10. The Morgan fingerprint density at radius 2 is 1.35 bits per heavy atom.